The van der Waals surface area contributed by atoms with E-state index in [4.69, 9.17) is 0 Å². The van der Waals surface area contributed by atoms with Crippen LogP contribution in [-0.2, 0) is 9.53 Å². The predicted molar refractivity (Wildman–Crippen MR) is 37.2 cm³/mol. The molecule has 0 saturated carbocycles. The van der Waals surface area contributed by atoms with Crippen molar-refractivity contribution in [1.29, 1.82) is 0 Å². The number of ether oxygens (including phenoxy) is 1. The molecule has 9 heavy (non-hydrogen) atoms. The summed E-state index contributed by atoms with van der Waals surface area (Å²) >= 11 is 6.95. The maximum absolute atomic E-state index is 10.3. The Hall–Kier alpha value is -0.360. The number of amides is 1. The fourth-order valence-corrected chi connectivity index (χ4v) is 0.279. The van der Waals surface area contributed by atoms with Gasteiger partial charge in [0.1, 0.15) is 6.61 Å². The molecule has 0 radical (unpaired) electrons. The second kappa shape index (κ2) is 4.51. The SMILES string of the molecule is O=CCOC(=O)N(S)S. The molecule has 0 N–H and O–H groups in total. The molecule has 0 spiro atoms. The topological polar surface area (TPSA) is 46.6 Å². The van der Waals surface area contributed by atoms with Gasteiger partial charge in [-0.15, -0.1) is 0 Å². The Labute approximate surface area is 63.2 Å². The van der Waals surface area contributed by atoms with Crippen molar-refractivity contribution in [2.45, 2.75) is 0 Å². The molecule has 4 nitrogen and oxygen atoms in total. The van der Waals surface area contributed by atoms with E-state index in [0.29, 0.717) is 10.00 Å². The van der Waals surface area contributed by atoms with Crippen molar-refractivity contribution in [2.75, 3.05) is 6.61 Å². The van der Waals surface area contributed by atoms with E-state index in [9.17, 15) is 9.59 Å². The van der Waals surface area contributed by atoms with E-state index in [0.717, 1.165) is 0 Å². The van der Waals surface area contributed by atoms with Gasteiger partial charge in [0.05, 0.1) is 0 Å². The summed E-state index contributed by atoms with van der Waals surface area (Å²) in [7, 11) is 0. The van der Waals surface area contributed by atoms with Crippen LogP contribution in [0.25, 0.3) is 0 Å². The Morgan fingerprint density at radius 3 is 2.56 bits per heavy atom. The molecule has 0 aromatic carbocycles. The number of carbonyl (C=O) groups is 2. The molecule has 0 fully saturated rings. The van der Waals surface area contributed by atoms with E-state index in [1.807, 2.05) is 0 Å². The number of hydrogen-bond donors (Lipinski definition) is 2. The van der Waals surface area contributed by atoms with E-state index in [-0.39, 0.29) is 6.61 Å². The third-order valence-corrected chi connectivity index (χ3v) is 0.765. The first-order valence-corrected chi connectivity index (χ1v) is 2.76. The van der Waals surface area contributed by atoms with Crippen molar-refractivity contribution >= 4 is 38.0 Å². The maximum Gasteiger partial charge on any atom is 0.430 e. The summed E-state index contributed by atoms with van der Waals surface area (Å²) in [5, 5.41) is 0. The summed E-state index contributed by atoms with van der Waals surface area (Å²) in [4.78, 5) is 19.9. The van der Waals surface area contributed by atoms with E-state index in [2.05, 4.69) is 30.4 Å². The number of aldehydes is 1. The Kier molecular flexibility index (Phi) is 4.33. The lowest BCUT2D eigenvalue weighted by Gasteiger charge is -2.04. The van der Waals surface area contributed by atoms with Gasteiger partial charge in [-0.05, 0) is 25.6 Å². The van der Waals surface area contributed by atoms with Crippen molar-refractivity contribution in [1.82, 2.24) is 3.71 Å². The molecule has 0 aliphatic carbocycles. The monoisotopic (exact) mass is 167 g/mol. The van der Waals surface area contributed by atoms with Crippen LogP contribution in [0.3, 0.4) is 0 Å². The highest BCUT2D eigenvalue weighted by Gasteiger charge is 2.04. The smallest absolute Gasteiger partial charge is 0.430 e. The number of nitrogens with zero attached hydrogens (tertiary/aromatic N) is 1. The molecular weight excluding hydrogens is 162 g/mol. The van der Waals surface area contributed by atoms with E-state index in [1.165, 1.54) is 0 Å². The number of rotatable bonds is 2. The molecule has 0 aromatic rings. The first-order valence-electron chi connectivity index (χ1n) is 1.96. The molecule has 0 unspecified atom stereocenters. The van der Waals surface area contributed by atoms with E-state index >= 15 is 0 Å². The molecule has 6 heteroatoms. The molecule has 52 valence electrons. The molecular formula is C3H5NO3S2. The minimum atomic E-state index is -0.770. The Balaban J connectivity index is 3.38. The fourth-order valence-electron chi connectivity index (χ4n) is 0.163. The quantitative estimate of drug-likeness (QED) is 0.459. The third kappa shape index (κ3) is 4.16. The van der Waals surface area contributed by atoms with Gasteiger partial charge in [-0.1, -0.05) is 0 Å². The molecule has 0 aromatic heterocycles. The summed E-state index contributed by atoms with van der Waals surface area (Å²) in [5.74, 6) is 0. The zero-order chi connectivity index (χ0) is 7.28. The van der Waals surface area contributed by atoms with Gasteiger partial charge < -0.3 is 4.74 Å². The van der Waals surface area contributed by atoms with Crippen LogP contribution in [0.4, 0.5) is 4.79 Å². The van der Waals surface area contributed by atoms with Gasteiger partial charge in [-0.25, -0.2) is 4.79 Å². The van der Waals surface area contributed by atoms with Gasteiger partial charge >= 0.3 is 6.09 Å². The van der Waals surface area contributed by atoms with Crippen molar-refractivity contribution in [3.8, 4) is 0 Å². The lowest BCUT2D eigenvalue weighted by molar-refractivity contribution is -0.110. The molecule has 0 rings (SSSR count). The fraction of sp³-hybridized carbons (Fsp3) is 0.333. The van der Waals surface area contributed by atoms with Crippen LogP contribution in [0.1, 0.15) is 0 Å². The van der Waals surface area contributed by atoms with E-state index in [1.54, 1.807) is 0 Å². The van der Waals surface area contributed by atoms with Crippen molar-refractivity contribution in [2.24, 2.45) is 0 Å². The van der Waals surface area contributed by atoms with Crippen molar-refractivity contribution in [3.63, 3.8) is 0 Å². The zero-order valence-electron chi connectivity index (χ0n) is 4.35. The van der Waals surface area contributed by atoms with Gasteiger partial charge in [0.2, 0.25) is 0 Å². The van der Waals surface area contributed by atoms with Crippen LogP contribution in [0.5, 0.6) is 0 Å². The van der Waals surface area contributed by atoms with E-state index < -0.39 is 6.09 Å². The Morgan fingerprint density at radius 2 is 2.22 bits per heavy atom. The van der Waals surface area contributed by atoms with Gasteiger partial charge in [0.15, 0.2) is 6.29 Å². The number of hydrogen-bond acceptors (Lipinski definition) is 5. The first-order chi connectivity index (χ1) is 4.18. The highest BCUT2D eigenvalue weighted by molar-refractivity contribution is 7.94. The zero-order valence-corrected chi connectivity index (χ0v) is 6.14. The largest absolute Gasteiger partial charge is 0.440 e. The summed E-state index contributed by atoms with van der Waals surface area (Å²) in [6, 6.07) is 0. The standard InChI is InChI=1S/C3H5NO3S2/c5-1-2-7-3(6)4(8)9/h1,8-9H,2H2. The second-order valence-electron chi connectivity index (χ2n) is 1.03. The van der Waals surface area contributed by atoms with Crippen molar-refractivity contribution in [3.05, 3.63) is 0 Å². The average Bonchev–Trinajstić information content (AvgIpc) is 1.82. The molecule has 0 atom stereocenters. The molecule has 1 amide bonds. The maximum atomic E-state index is 10.3. The van der Waals surface area contributed by atoms with Crippen LogP contribution in [0.2, 0.25) is 0 Å². The predicted octanol–water partition coefficient (Wildman–Crippen LogP) is 0.313. The second-order valence-corrected chi connectivity index (χ2v) is 2.15. The summed E-state index contributed by atoms with van der Waals surface area (Å²) in [5.41, 5.74) is 0. The van der Waals surface area contributed by atoms with Crippen LogP contribution < -0.4 is 0 Å². The highest BCUT2D eigenvalue weighted by atomic mass is 32.2. The Morgan fingerprint density at radius 1 is 1.67 bits per heavy atom. The number of thiol groups is 2. The van der Waals surface area contributed by atoms with Crippen LogP contribution in [0.15, 0.2) is 0 Å². The molecule has 0 aliphatic heterocycles. The first kappa shape index (κ1) is 8.64. The minimum Gasteiger partial charge on any atom is -0.440 e. The Bertz CT molecular complexity index is 116. The molecule has 0 bridgehead atoms. The molecule has 0 heterocycles. The average molecular weight is 167 g/mol. The van der Waals surface area contributed by atoms with Crippen LogP contribution >= 0.6 is 25.6 Å². The van der Waals surface area contributed by atoms with Crippen LogP contribution in [-0.4, -0.2) is 22.7 Å². The van der Waals surface area contributed by atoms with Gasteiger partial charge in [-0.2, -0.15) is 3.71 Å². The minimum absolute atomic E-state index is 0.267. The third-order valence-electron chi connectivity index (χ3n) is 0.438. The molecule has 0 saturated heterocycles. The lowest BCUT2D eigenvalue weighted by atomic mass is 10.8. The summed E-state index contributed by atoms with van der Waals surface area (Å²) in [6.45, 7) is -0.267. The number of carbonyl (C=O) groups excluding carboxylic acids is 2. The van der Waals surface area contributed by atoms with Crippen molar-refractivity contribution < 1.29 is 14.3 Å². The normalized spacial score (nSPS) is 8.22. The van der Waals surface area contributed by atoms with Gasteiger partial charge in [0, 0.05) is 0 Å². The van der Waals surface area contributed by atoms with Crippen LogP contribution in [0, 0.1) is 0 Å². The van der Waals surface area contributed by atoms with Gasteiger partial charge in [0.25, 0.3) is 0 Å². The van der Waals surface area contributed by atoms with Gasteiger partial charge in [-0.3, -0.25) is 4.79 Å². The molecule has 0 aliphatic rings. The lowest BCUT2D eigenvalue weighted by Crippen LogP contribution is -2.14. The summed E-state index contributed by atoms with van der Waals surface area (Å²) in [6.07, 6.45) is -0.308. The summed E-state index contributed by atoms with van der Waals surface area (Å²) < 4.78 is 4.86. The highest BCUT2D eigenvalue weighted by Crippen LogP contribution is 1.99.